The Hall–Kier alpha value is -2.95. The Morgan fingerprint density at radius 2 is 2.13 bits per heavy atom. The molecule has 2 atom stereocenters. The van der Waals surface area contributed by atoms with Gasteiger partial charge in [0.25, 0.3) is 0 Å². The first-order chi connectivity index (χ1) is 14.8. The van der Waals surface area contributed by atoms with Crippen LogP contribution in [0.3, 0.4) is 0 Å². The van der Waals surface area contributed by atoms with Gasteiger partial charge >= 0.3 is 18.0 Å². The minimum absolute atomic E-state index is 0.00386. The van der Waals surface area contributed by atoms with Crippen molar-refractivity contribution in [3.8, 4) is 0 Å². The molecule has 1 aliphatic rings. The predicted molar refractivity (Wildman–Crippen MR) is 111 cm³/mol. The highest BCUT2D eigenvalue weighted by molar-refractivity contribution is 9.10. The van der Waals surface area contributed by atoms with E-state index in [1.165, 1.54) is 31.5 Å². The number of carbonyl (C=O) groups excluding carboxylic acids is 3. The lowest BCUT2D eigenvalue weighted by atomic mass is 9.95. The lowest BCUT2D eigenvalue weighted by molar-refractivity contribution is -0.144. The maximum Gasteiger partial charge on any atom is 0.328 e. The smallest absolute Gasteiger partial charge is 0.328 e. The number of methoxy groups -OCH3 is 2. The first kappa shape index (κ1) is 22.7. The minimum Gasteiger partial charge on any atom is -0.469 e. The molecular weight excluding hydrogens is 475 g/mol. The number of nitrogens with one attached hydrogen (secondary N) is 2. The van der Waals surface area contributed by atoms with Crippen LogP contribution in [0.2, 0.25) is 0 Å². The number of esters is 2. The molecule has 0 radical (unpaired) electrons. The van der Waals surface area contributed by atoms with Gasteiger partial charge in [-0.25, -0.2) is 19.0 Å². The van der Waals surface area contributed by atoms with E-state index < -0.39 is 35.9 Å². The molecular formula is C20H22BrFN4O5. The molecule has 0 saturated carbocycles. The molecule has 0 saturated heterocycles. The molecule has 11 heteroatoms. The molecule has 166 valence electrons. The average Bonchev–Trinajstić information content (AvgIpc) is 3.24. The van der Waals surface area contributed by atoms with Gasteiger partial charge in [0.05, 0.1) is 26.2 Å². The van der Waals surface area contributed by atoms with Gasteiger partial charge in [0.15, 0.2) is 0 Å². The van der Waals surface area contributed by atoms with E-state index >= 15 is 0 Å². The average molecular weight is 497 g/mol. The number of fused-ring (bicyclic) bond motifs is 1. The summed E-state index contributed by atoms with van der Waals surface area (Å²) in [5.41, 5.74) is 1.62. The van der Waals surface area contributed by atoms with Crippen molar-refractivity contribution in [1.29, 1.82) is 0 Å². The summed E-state index contributed by atoms with van der Waals surface area (Å²) in [6.45, 7) is 0.270. The predicted octanol–water partition coefficient (Wildman–Crippen LogP) is 2.46. The van der Waals surface area contributed by atoms with E-state index in [9.17, 15) is 18.8 Å². The summed E-state index contributed by atoms with van der Waals surface area (Å²) in [5, 5.41) is 2.61. The fourth-order valence-corrected chi connectivity index (χ4v) is 3.85. The van der Waals surface area contributed by atoms with E-state index in [1.54, 1.807) is 12.1 Å². The van der Waals surface area contributed by atoms with Crippen LogP contribution >= 0.6 is 15.9 Å². The molecule has 1 aromatic heterocycles. The molecule has 2 N–H and O–H groups in total. The van der Waals surface area contributed by atoms with Crippen LogP contribution < -0.4 is 5.32 Å². The Balaban J connectivity index is 1.88. The Morgan fingerprint density at radius 3 is 2.81 bits per heavy atom. The Bertz CT molecular complexity index is 982. The van der Waals surface area contributed by atoms with Crippen molar-refractivity contribution in [2.45, 2.75) is 31.3 Å². The monoisotopic (exact) mass is 496 g/mol. The van der Waals surface area contributed by atoms with Crippen molar-refractivity contribution in [3.05, 3.63) is 51.8 Å². The lowest BCUT2D eigenvalue weighted by Crippen LogP contribution is -2.51. The van der Waals surface area contributed by atoms with E-state index in [1.807, 2.05) is 0 Å². The van der Waals surface area contributed by atoms with Crippen LogP contribution in [0.5, 0.6) is 0 Å². The van der Waals surface area contributed by atoms with Crippen LogP contribution in [-0.4, -0.2) is 59.6 Å². The zero-order valence-corrected chi connectivity index (χ0v) is 18.6. The first-order valence-corrected chi connectivity index (χ1v) is 10.3. The minimum atomic E-state index is -1.06. The molecule has 0 unspecified atom stereocenters. The highest BCUT2D eigenvalue weighted by Gasteiger charge is 2.37. The number of aromatic amines is 1. The first-order valence-electron chi connectivity index (χ1n) is 9.54. The summed E-state index contributed by atoms with van der Waals surface area (Å²) in [4.78, 5) is 45.5. The van der Waals surface area contributed by atoms with Crippen molar-refractivity contribution >= 4 is 33.9 Å². The fourth-order valence-electron chi connectivity index (χ4n) is 3.52. The Labute approximate surface area is 186 Å². The third-order valence-corrected chi connectivity index (χ3v) is 5.58. The maximum atomic E-state index is 14.8. The summed E-state index contributed by atoms with van der Waals surface area (Å²) in [6, 6.07) is 2.14. The van der Waals surface area contributed by atoms with E-state index in [0.717, 1.165) is 5.69 Å². The van der Waals surface area contributed by atoms with Gasteiger partial charge in [0.1, 0.15) is 17.9 Å². The van der Waals surface area contributed by atoms with Crippen molar-refractivity contribution in [3.63, 3.8) is 0 Å². The van der Waals surface area contributed by atoms with Gasteiger partial charge in [-0.3, -0.25) is 4.79 Å². The second-order valence-corrected chi connectivity index (χ2v) is 7.83. The van der Waals surface area contributed by atoms with Crippen LogP contribution in [0, 0.1) is 5.82 Å². The Morgan fingerprint density at radius 1 is 1.35 bits per heavy atom. The molecule has 31 heavy (non-hydrogen) atoms. The molecule has 0 spiro atoms. The molecule has 2 aromatic rings. The Kier molecular flexibility index (Phi) is 7.26. The number of ether oxygens (including phenoxy) is 2. The molecule has 1 aromatic carbocycles. The van der Waals surface area contributed by atoms with Gasteiger partial charge in [-0.2, -0.15) is 0 Å². The number of amides is 2. The van der Waals surface area contributed by atoms with Crippen LogP contribution in [0.1, 0.15) is 35.8 Å². The second kappa shape index (κ2) is 9.90. The standard InChI is InChI=1S/C20H22BrFN4O5/c1-30-16(27)6-5-15(19(28)31-2)25-20(29)26-8-7-14-17(24-10-23-14)18(26)12-4-3-11(21)9-13(12)22/h3-4,9-10,15,18H,5-8H2,1-2H3,(H,23,24)(H,25,29)/t15-,18+/m1/s1. The number of imidazole rings is 1. The number of rotatable bonds is 6. The summed E-state index contributed by atoms with van der Waals surface area (Å²) >= 11 is 3.24. The SMILES string of the molecule is COC(=O)CC[C@@H](NC(=O)N1CCc2[nH]cnc2[C@@H]1c1ccc(Br)cc1F)C(=O)OC. The van der Waals surface area contributed by atoms with E-state index in [4.69, 9.17) is 4.74 Å². The molecule has 3 rings (SSSR count). The fraction of sp³-hybridized carbons (Fsp3) is 0.400. The maximum absolute atomic E-state index is 14.8. The zero-order valence-electron chi connectivity index (χ0n) is 17.0. The second-order valence-electron chi connectivity index (χ2n) is 6.92. The number of H-pyrrole nitrogens is 1. The number of nitrogens with zero attached hydrogens (tertiary/aromatic N) is 2. The number of hydrogen-bond donors (Lipinski definition) is 2. The molecule has 2 heterocycles. The number of benzene rings is 1. The van der Waals surface area contributed by atoms with E-state index in [-0.39, 0.29) is 24.9 Å². The number of hydrogen-bond acceptors (Lipinski definition) is 6. The van der Waals surface area contributed by atoms with Crippen molar-refractivity contribution < 1.29 is 28.2 Å². The molecule has 2 amide bonds. The summed E-state index contributed by atoms with van der Waals surface area (Å²) in [6.07, 6.45) is 1.92. The van der Waals surface area contributed by atoms with Crippen molar-refractivity contribution in [2.24, 2.45) is 0 Å². The quantitative estimate of drug-likeness (QED) is 0.593. The van der Waals surface area contributed by atoms with E-state index in [0.29, 0.717) is 16.6 Å². The van der Waals surface area contributed by atoms with Gasteiger partial charge in [-0.1, -0.05) is 22.0 Å². The van der Waals surface area contributed by atoms with Gasteiger partial charge in [0, 0.05) is 35.1 Å². The molecule has 0 bridgehead atoms. The zero-order chi connectivity index (χ0) is 22.5. The van der Waals surface area contributed by atoms with Crippen LogP contribution in [0.25, 0.3) is 0 Å². The highest BCUT2D eigenvalue weighted by atomic mass is 79.9. The van der Waals surface area contributed by atoms with Gasteiger partial charge in [0.2, 0.25) is 0 Å². The number of aromatic nitrogens is 2. The third-order valence-electron chi connectivity index (χ3n) is 5.09. The number of urea groups is 1. The largest absolute Gasteiger partial charge is 0.469 e. The number of halogens is 2. The van der Waals surface area contributed by atoms with Crippen LogP contribution in [0.15, 0.2) is 29.0 Å². The highest BCUT2D eigenvalue weighted by Crippen LogP contribution is 2.35. The van der Waals surface area contributed by atoms with Gasteiger partial charge in [-0.05, 0) is 18.6 Å². The molecule has 9 nitrogen and oxygen atoms in total. The summed E-state index contributed by atoms with van der Waals surface area (Å²) in [7, 11) is 2.43. The van der Waals surface area contributed by atoms with Crippen molar-refractivity contribution in [2.75, 3.05) is 20.8 Å². The van der Waals surface area contributed by atoms with Gasteiger partial charge in [-0.15, -0.1) is 0 Å². The molecule has 0 fully saturated rings. The molecule has 0 aliphatic carbocycles. The van der Waals surface area contributed by atoms with Gasteiger partial charge < -0.3 is 24.7 Å². The van der Waals surface area contributed by atoms with Crippen LogP contribution in [-0.2, 0) is 25.5 Å². The third kappa shape index (κ3) is 5.04. The van der Waals surface area contributed by atoms with E-state index in [2.05, 4.69) is 36.0 Å². The topological polar surface area (TPSA) is 114 Å². The summed E-state index contributed by atoms with van der Waals surface area (Å²) < 4.78 is 24.7. The van der Waals surface area contributed by atoms with Crippen molar-refractivity contribution in [1.82, 2.24) is 20.2 Å². The number of carbonyl (C=O) groups is 3. The lowest BCUT2D eigenvalue weighted by Gasteiger charge is -2.36. The van der Waals surface area contributed by atoms with Crippen LogP contribution in [0.4, 0.5) is 9.18 Å². The summed E-state index contributed by atoms with van der Waals surface area (Å²) in [5.74, 6) is -1.71. The molecule has 1 aliphatic heterocycles. The normalized spacial score (nSPS) is 16.3.